The Kier molecular flexibility index (Phi) is 4.25. The fraction of sp³-hybridized carbons (Fsp3) is 0.235. The number of nitrogens with one attached hydrogen (secondary N) is 1. The maximum Gasteiger partial charge on any atom is 0.271 e. The van der Waals surface area contributed by atoms with E-state index in [1.54, 1.807) is 11.6 Å². The van der Waals surface area contributed by atoms with Crippen molar-refractivity contribution in [3.8, 4) is 0 Å². The third-order valence-corrected chi connectivity index (χ3v) is 4.71. The van der Waals surface area contributed by atoms with Crippen molar-refractivity contribution in [2.75, 3.05) is 5.32 Å². The van der Waals surface area contributed by atoms with Gasteiger partial charge >= 0.3 is 0 Å². The lowest BCUT2D eigenvalue weighted by Crippen LogP contribution is -2.25. The maximum atomic E-state index is 12.3. The number of carbonyl (C=O) groups excluding carboxylic acids is 1. The van der Waals surface area contributed by atoms with Crippen molar-refractivity contribution in [2.45, 2.75) is 26.2 Å². The quantitative estimate of drug-likeness (QED) is 0.797. The first-order valence-corrected chi connectivity index (χ1v) is 8.34. The van der Waals surface area contributed by atoms with Crippen molar-refractivity contribution in [1.82, 2.24) is 9.38 Å². The lowest BCUT2D eigenvalue weighted by atomic mass is 9.99. The van der Waals surface area contributed by atoms with Crippen LogP contribution < -0.4 is 10.9 Å². The summed E-state index contributed by atoms with van der Waals surface area (Å²) in [6.07, 6.45) is 4.01. The Morgan fingerprint density at radius 1 is 1.35 bits per heavy atom. The highest BCUT2D eigenvalue weighted by Crippen LogP contribution is 2.20. The van der Waals surface area contributed by atoms with Crippen LogP contribution >= 0.6 is 11.3 Å². The minimum Gasteiger partial charge on any atom is -0.322 e. The Bertz CT molecular complexity index is 896. The van der Waals surface area contributed by atoms with Gasteiger partial charge in [-0.1, -0.05) is 26.0 Å². The molecule has 0 fully saturated rings. The van der Waals surface area contributed by atoms with Crippen molar-refractivity contribution in [3.05, 3.63) is 63.5 Å². The van der Waals surface area contributed by atoms with Gasteiger partial charge in [0.15, 0.2) is 4.96 Å². The molecule has 0 aliphatic heterocycles. The molecule has 0 spiro atoms. The van der Waals surface area contributed by atoms with Crippen LogP contribution in [0.5, 0.6) is 0 Å². The first kappa shape index (κ1) is 15.4. The monoisotopic (exact) mass is 327 g/mol. The highest BCUT2D eigenvalue weighted by atomic mass is 32.1. The van der Waals surface area contributed by atoms with Crippen LogP contribution in [0.1, 0.15) is 42.1 Å². The van der Waals surface area contributed by atoms with E-state index in [2.05, 4.69) is 24.1 Å². The van der Waals surface area contributed by atoms with Gasteiger partial charge in [-0.05, 0) is 30.0 Å². The third-order valence-electron chi connectivity index (χ3n) is 3.94. The van der Waals surface area contributed by atoms with Crippen LogP contribution in [-0.2, 0) is 0 Å². The summed E-state index contributed by atoms with van der Waals surface area (Å²) in [6.45, 7) is 4.30. The normalized spacial score (nSPS) is 12.3. The van der Waals surface area contributed by atoms with Crippen LogP contribution in [-0.4, -0.2) is 15.3 Å². The van der Waals surface area contributed by atoms with E-state index in [0.717, 1.165) is 6.42 Å². The smallest absolute Gasteiger partial charge is 0.271 e. The number of thiazole rings is 1. The SMILES string of the molecule is CCC(C)c1ccc(NC(=O)c2cnc3sccn3c2=O)cc1. The first-order valence-electron chi connectivity index (χ1n) is 7.46. The van der Waals surface area contributed by atoms with Gasteiger partial charge in [0.2, 0.25) is 0 Å². The molecule has 2 heterocycles. The molecule has 0 saturated heterocycles. The lowest BCUT2D eigenvalue weighted by Gasteiger charge is -2.10. The van der Waals surface area contributed by atoms with Crippen LogP contribution in [0.2, 0.25) is 0 Å². The average Bonchev–Trinajstić information content (AvgIpc) is 3.04. The molecule has 23 heavy (non-hydrogen) atoms. The van der Waals surface area contributed by atoms with E-state index < -0.39 is 5.91 Å². The summed E-state index contributed by atoms with van der Waals surface area (Å²) < 4.78 is 1.38. The number of fused-ring (bicyclic) bond motifs is 1. The second-order valence-electron chi connectivity index (χ2n) is 5.42. The molecule has 5 nitrogen and oxygen atoms in total. The Labute approximate surface area is 137 Å². The van der Waals surface area contributed by atoms with E-state index in [1.165, 1.54) is 27.5 Å². The molecule has 1 atom stereocenters. The van der Waals surface area contributed by atoms with Gasteiger partial charge in [-0.2, -0.15) is 0 Å². The van der Waals surface area contributed by atoms with Gasteiger partial charge < -0.3 is 5.32 Å². The van der Waals surface area contributed by atoms with Crippen LogP contribution in [0.4, 0.5) is 5.69 Å². The van der Waals surface area contributed by atoms with E-state index in [9.17, 15) is 9.59 Å². The second kappa shape index (κ2) is 6.34. The molecule has 3 rings (SSSR count). The molecular formula is C17H17N3O2S. The Morgan fingerprint density at radius 2 is 2.09 bits per heavy atom. The number of benzene rings is 1. The summed E-state index contributed by atoms with van der Waals surface area (Å²) in [5.74, 6) is 0.0361. The minimum atomic E-state index is -0.445. The third kappa shape index (κ3) is 3.03. The Balaban J connectivity index is 1.83. The fourth-order valence-electron chi connectivity index (χ4n) is 2.31. The van der Waals surface area contributed by atoms with Gasteiger partial charge in [-0.3, -0.25) is 14.0 Å². The molecular weight excluding hydrogens is 310 g/mol. The van der Waals surface area contributed by atoms with Gasteiger partial charge in [-0.15, -0.1) is 11.3 Å². The Hall–Kier alpha value is -2.47. The van der Waals surface area contributed by atoms with E-state index >= 15 is 0 Å². The fourth-order valence-corrected chi connectivity index (χ4v) is 2.98. The molecule has 0 aliphatic carbocycles. The molecule has 0 radical (unpaired) electrons. The van der Waals surface area contributed by atoms with Crippen LogP contribution in [0.25, 0.3) is 4.96 Å². The van der Waals surface area contributed by atoms with Gasteiger partial charge in [0, 0.05) is 23.5 Å². The van der Waals surface area contributed by atoms with E-state index in [0.29, 0.717) is 16.6 Å². The Morgan fingerprint density at radius 3 is 2.78 bits per heavy atom. The van der Waals surface area contributed by atoms with Gasteiger partial charge in [0.1, 0.15) is 5.56 Å². The van der Waals surface area contributed by atoms with E-state index in [-0.39, 0.29) is 11.1 Å². The first-order chi connectivity index (χ1) is 11.1. The predicted molar refractivity (Wildman–Crippen MR) is 92.4 cm³/mol. The molecule has 1 unspecified atom stereocenters. The number of carbonyl (C=O) groups is 1. The van der Waals surface area contributed by atoms with Crippen molar-refractivity contribution in [3.63, 3.8) is 0 Å². The molecule has 0 aliphatic rings. The highest BCUT2D eigenvalue weighted by Gasteiger charge is 2.14. The van der Waals surface area contributed by atoms with Crippen LogP contribution in [0.15, 0.2) is 46.8 Å². The standard InChI is InChI=1S/C17H17N3O2S/c1-3-11(2)12-4-6-13(7-5-12)19-15(21)14-10-18-17-20(16(14)22)8-9-23-17/h4-11H,3H2,1-2H3,(H,19,21). The summed E-state index contributed by atoms with van der Waals surface area (Å²) >= 11 is 1.35. The van der Waals surface area contributed by atoms with Crippen molar-refractivity contribution in [1.29, 1.82) is 0 Å². The molecule has 0 saturated carbocycles. The summed E-state index contributed by atoms with van der Waals surface area (Å²) in [5, 5.41) is 4.51. The largest absolute Gasteiger partial charge is 0.322 e. The van der Waals surface area contributed by atoms with Crippen molar-refractivity contribution >= 4 is 27.9 Å². The molecule has 118 valence electrons. The number of anilines is 1. The van der Waals surface area contributed by atoms with Crippen molar-refractivity contribution < 1.29 is 4.79 Å². The zero-order valence-electron chi connectivity index (χ0n) is 12.9. The number of rotatable bonds is 4. The summed E-state index contributed by atoms with van der Waals surface area (Å²) in [4.78, 5) is 29.3. The van der Waals surface area contributed by atoms with E-state index in [1.807, 2.05) is 24.3 Å². The molecule has 3 aromatic rings. The molecule has 2 aromatic heterocycles. The van der Waals surface area contributed by atoms with Crippen LogP contribution in [0.3, 0.4) is 0 Å². The summed E-state index contributed by atoms with van der Waals surface area (Å²) in [7, 11) is 0. The van der Waals surface area contributed by atoms with Crippen LogP contribution in [0, 0.1) is 0 Å². The summed E-state index contributed by atoms with van der Waals surface area (Å²) in [5.41, 5.74) is 1.57. The number of amides is 1. The number of hydrogen-bond donors (Lipinski definition) is 1. The highest BCUT2D eigenvalue weighted by molar-refractivity contribution is 7.15. The van der Waals surface area contributed by atoms with E-state index in [4.69, 9.17) is 0 Å². The second-order valence-corrected chi connectivity index (χ2v) is 6.29. The molecule has 6 heteroatoms. The van der Waals surface area contributed by atoms with Gasteiger partial charge in [-0.25, -0.2) is 4.98 Å². The molecule has 1 N–H and O–H groups in total. The number of hydrogen-bond acceptors (Lipinski definition) is 4. The molecule has 1 amide bonds. The summed E-state index contributed by atoms with van der Waals surface area (Å²) in [6, 6.07) is 7.70. The zero-order chi connectivity index (χ0) is 16.4. The topological polar surface area (TPSA) is 63.5 Å². The van der Waals surface area contributed by atoms with Gasteiger partial charge in [0.25, 0.3) is 11.5 Å². The number of nitrogens with zero attached hydrogens (tertiary/aromatic N) is 2. The predicted octanol–water partition coefficient (Wildman–Crippen LogP) is 3.52. The molecule has 0 bridgehead atoms. The number of aromatic nitrogens is 2. The van der Waals surface area contributed by atoms with Crippen molar-refractivity contribution in [2.24, 2.45) is 0 Å². The minimum absolute atomic E-state index is 0.0342. The molecule has 1 aromatic carbocycles. The maximum absolute atomic E-state index is 12.3. The zero-order valence-corrected chi connectivity index (χ0v) is 13.8. The lowest BCUT2D eigenvalue weighted by molar-refractivity contribution is 0.102. The average molecular weight is 327 g/mol. The van der Waals surface area contributed by atoms with Gasteiger partial charge in [0.05, 0.1) is 0 Å².